The highest BCUT2D eigenvalue weighted by Gasteiger charge is 1.98. The molecule has 2 aromatic rings. The molecular formula is C11H9BrS. The van der Waals surface area contributed by atoms with E-state index in [4.69, 9.17) is 0 Å². The van der Waals surface area contributed by atoms with Crippen molar-refractivity contribution in [2.45, 2.75) is 0 Å². The highest BCUT2D eigenvalue weighted by Crippen LogP contribution is 2.26. The maximum absolute atomic E-state index is 3.38. The Morgan fingerprint density at radius 3 is 3.00 bits per heavy atom. The van der Waals surface area contributed by atoms with Crippen LogP contribution in [-0.4, -0.2) is 5.33 Å². The van der Waals surface area contributed by atoms with E-state index in [2.05, 4.69) is 57.7 Å². The molecule has 0 aliphatic carbocycles. The Bertz CT molecular complexity index is 428. The summed E-state index contributed by atoms with van der Waals surface area (Å²) in [7, 11) is 0. The van der Waals surface area contributed by atoms with E-state index in [1.807, 2.05) is 0 Å². The molecule has 0 N–H and O–H groups in total. The molecule has 0 amide bonds. The van der Waals surface area contributed by atoms with Gasteiger partial charge in [0.1, 0.15) is 0 Å². The maximum Gasteiger partial charge on any atom is 0.0348 e. The summed E-state index contributed by atoms with van der Waals surface area (Å²) in [6.07, 6.45) is 4.28. The Kier molecular flexibility index (Phi) is 2.81. The summed E-state index contributed by atoms with van der Waals surface area (Å²) < 4.78 is 1.36. The number of fused-ring (bicyclic) bond motifs is 1. The van der Waals surface area contributed by atoms with Gasteiger partial charge < -0.3 is 0 Å². The number of hydrogen-bond donors (Lipinski definition) is 0. The number of allylic oxidation sites excluding steroid dienone is 1. The smallest absolute Gasteiger partial charge is 0.0348 e. The van der Waals surface area contributed by atoms with Gasteiger partial charge in [0.2, 0.25) is 0 Å². The molecule has 0 unspecified atom stereocenters. The lowest BCUT2D eigenvalue weighted by Gasteiger charge is -1.89. The van der Waals surface area contributed by atoms with Crippen LogP contribution in [0, 0.1) is 0 Å². The molecule has 0 saturated carbocycles. The van der Waals surface area contributed by atoms with Crippen LogP contribution in [0.15, 0.2) is 35.7 Å². The second-order valence-corrected chi connectivity index (χ2v) is 4.30. The predicted molar refractivity (Wildman–Crippen MR) is 64.7 cm³/mol. The van der Waals surface area contributed by atoms with Crippen molar-refractivity contribution in [1.82, 2.24) is 0 Å². The molecule has 0 nitrogen and oxygen atoms in total. The monoisotopic (exact) mass is 252 g/mol. The first kappa shape index (κ1) is 8.97. The number of rotatable bonds is 2. The summed E-state index contributed by atoms with van der Waals surface area (Å²) in [6.45, 7) is 0. The van der Waals surface area contributed by atoms with Crippen molar-refractivity contribution in [2.75, 3.05) is 5.33 Å². The van der Waals surface area contributed by atoms with Gasteiger partial charge in [-0.2, -0.15) is 0 Å². The van der Waals surface area contributed by atoms with Crippen LogP contribution in [0.5, 0.6) is 0 Å². The fourth-order valence-corrected chi connectivity index (χ4v) is 2.42. The minimum absolute atomic E-state index is 0.914. The largest absolute Gasteiger partial charge is 0.143 e. The lowest BCUT2D eigenvalue weighted by atomic mass is 10.2. The highest BCUT2D eigenvalue weighted by molar-refractivity contribution is 9.09. The van der Waals surface area contributed by atoms with E-state index in [9.17, 15) is 0 Å². The third-order valence-corrected chi connectivity index (χ3v) is 3.25. The van der Waals surface area contributed by atoms with Crippen molar-refractivity contribution in [3.8, 4) is 0 Å². The lowest BCUT2D eigenvalue weighted by molar-refractivity contribution is 1.80. The molecule has 1 aromatic carbocycles. The molecule has 2 heteroatoms. The van der Waals surface area contributed by atoms with E-state index in [-0.39, 0.29) is 0 Å². The van der Waals surface area contributed by atoms with E-state index in [0.29, 0.717) is 0 Å². The maximum atomic E-state index is 3.38. The molecule has 13 heavy (non-hydrogen) atoms. The highest BCUT2D eigenvalue weighted by atomic mass is 79.9. The SMILES string of the molecule is BrCC=Cc1csc2ccccc12. The lowest BCUT2D eigenvalue weighted by Crippen LogP contribution is -1.67. The molecule has 0 saturated heterocycles. The molecule has 66 valence electrons. The third kappa shape index (κ3) is 1.84. The third-order valence-electron chi connectivity index (χ3n) is 1.90. The van der Waals surface area contributed by atoms with Gasteiger partial charge in [-0.25, -0.2) is 0 Å². The molecule has 0 aliphatic rings. The molecule has 0 radical (unpaired) electrons. The van der Waals surface area contributed by atoms with E-state index in [1.165, 1.54) is 15.6 Å². The Labute approximate surface area is 90.0 Å². The molecule has 0 bridgehead atoms. The summed E-state index contributed by atoms with van der Waals surface area (Å²) in [5.74, 6) is 0. The molecule has 1 aromatic heterocycles. The van der Waals surface area contributed by atoms with Crippen molar-refractivity contribution < 1.29 is 0 Å². The van der Waals surface area contributed by atoms with Crippen LogP contribution in [0.25, 0.3) is 16.2 Å². The molecule has 2 rings (SSSR count). The molecule has 0 spiro atoms. The van der Waals surface area contributed by atoms with Crippen molar-refractivity contribution in [1.29, 1.82) is 0 Å². The van der Waals surface area contributed by atoms with E-state index in [1.54, 1.807) is 11.3 Å². The summed E-state index contributed by atoms with van der Waals surface area (Å²) in [5, 5.41) is 4.46. The van der Waals surface area contributed by atoms with Crippen molar-refractivity contribution in [2.24, 2.45) is 0 Å². The van der Waals surface area contributed by atoms with Gasteiger partial charge in [-0.3, -0.25) is 0 Å². The second kappa shape index (κ2) is 4.07. The Hall–Kier alpha value is -0.600. The predicted octanol–water partition coefficient (Wildman–Crippen LogP) is 4.31. The number of alkyl halides is 1. The average Bonchev–Trinajstić information content (AvgIpc) is 2.58. The summed E-state index contributed by atoms with van der Waals surface area (Å²) in [4.78, 5) is 0. The van der Waals surface area contributed by atoms with Crippen LogP contribution < -0.4 is 0 Å². The molecular weight excluding hydrogens is 244 g/mol. The summed E-state index contributed by atoms with van der Waals surface area (Å²) >= 11 is 5.17. The first-order chi connectivity index (χ1) is 6.42. The van der Waals surface area contributed by atoms with Crippen LogP contribution in [0.3, 0.4) is 0 Å². The fraction of sp³-hybridized carbons (Fsp3) is 0.0909. The fourth-order valence-electron chi connectivity index (χ4n) is 1.30. The van der Waals surface area contributed by atoms with Crippen LogP contribution in [0.1, 0.15) is 5.56 Å². The Morgan fingerprint density at radius 2 is 2.15 bits per heavy atom. The van der Waals surface area contributed by atoms with Crippen LogP contribution in [-0.2, 0) is 0 Å². The van der Waals surface area contributed by atoms with Gasteiger partial charge in [0.05, 0.1) is 0 Å². The van der Waals surface area contributed by atoms with E-state index >= 15 is 0 Å². The first-order valence-electron chi connectivity index (χ1n) is 4.10. The normalized spacial score (nSPS) is 11.5. The molecule has 0 fully saturated rings. The zero-order chi connectivity index (χ0) is 9.10. The number of halogens is 1. The summed E-state index contributed by atoms with van der Waals surface area (Å²) in [6, 6.07) is 8.49. The molecule has 0 atom stereocenters. The van der Waals surface area contributed by atoms with Crippen molar-refractivity contribution >= 4 is 43.4 Å². The number of benzene rings is 1. The van der Waals surface area contributed by atoms with Gasteiger partial charge >= 0.3 is 0 Å². The quantitative estimate of drug-likeness (QED) is 0.699. The minimum Gasteiger partial charge on any atom is -0.143 e. The Morgan fingerprint density at radius 1 is 1.31 bits per heavy atom. The van der Waals surface area contributed by atoms with Gasteiger partial charge in [-0.15, -0.1) is 11.3 Å². The first-order valence-corrected chi connectivity index (χ1v) is 6.10. The Balaban J connectivity index is 2.52. The van der Waals surface area contributed by atoms with Gasteiger partial charge in [0.25, 0.3) is 0 Å². The summed E-state index contributed by atoms with van der Waals surface area (Å²) in [5.41, 5.74) is 1.32. The second-order valence-electron chi connectivity index (χ2n) is 2.74. The molecule has 1 heterocycles. The topological polar surface area (TPSA) is 0 Å². The van der Waals surface area contributed by atoms with E-state index in [0.717, 1.165) is 5.33 Å². The molecule has 0 aliphatic heterocycles. The van der Waals surface area contributed by atoms with Gasteiger partial charge in [0.15, 0.2) is 0 Å². The van der Waals surface area contributed by atoms with Crippen molar-refractivity contribution in [3.05, 3.63) is 41.3 Å². The van der Waals surface area contributed by atoms with Gasteiger partial charge in [-0.05, 0) is 22.4 Å². The zero-order valence-corrected chi connectivity index (χ0v) is 9.44. The van der Waals surface area contributed by atoms with Gasteiger partial charge in [0, 0.05) is 10.0 Å². The minimum atomic E-state index is 0.914. The number of thiophene rings is 1. The van der Waals surface area contributed by atoms with Gasteiger partial charge in [-0.1, -0.05) is 46.3 Å². The van der Waals surface area contributed by atoms with Crippen LogP contribution >= 0.6 is 27.3 Å². The van der Waals surface area contributed by atoms with Crippen LogP contribution in [0.4, 0.5) is 0 Å². The standard InChI is InChI=1S/C11H9BrS/c12-7-3-4-9-8-13-11-6-2-1-5-10(9)11/h1-6,8H,7H2. The number of hydrogen-bond acceptors (Lipinski definition) is 1. The van der Waals surface area contributed by atoms with Crippen molar-refractivity contribution in [3.63, 3.8) is 0 Å². The average molecular weight is 253 g/mol. The zero-order valence-electron chi connectivity index (χ0n) is 7.03. The van der Waals surface area contributed by atoms with E-state index < -0.39 is 0 Å². The van der Waals surface area contributed by atoms with Crippen LogP contribution in [0.2, 0.25) is 0 Å².